The third-order valence-electron chi connectivity index (χ3n) is 2.93. The molecule has 2 atom stereocenters. The van der Waals surface area contributed by atoms with Gasteiger partial charge in [0.25, 0.3) is 0 Å². The maximum absolute atomic E-state index is 10.8. The van der Waals surface area contributed by atoms with E-state index in [1.165, 1.54) is 14.2 Å². The Morgan fingerprint density at radius 1 is 1.38 bits per heavy atom. The van der Waals surface area contributed by atoms with Gasteiger partial charge in [0.2, 0.25) is 0 Å². The smallest absolute Gasteiger partial charge is 0.307 e. The van der Waals surface area contributed by atoms with Crippen LogP contribution in [0.25, 0.3) is 0 Å². The number of methoxy groups -OCH3 is 2. The molecule has 1 N–H and O–H groups in total. The van der Waals surface area contributed by atoms with Crippen LogP contribution in [-0.4, -0.2) is 31.6 Å². The fraction of sp³-hybridized carbons (Fsp3) is 0.889. The highest BCUT2D eigenvalue weighted by Crippen LogP contribution is 2.60. The van der Waals surface area contributed by atoms with Gasteiger partial charge in [-0.25, -0.2) is 0 Å². The van der Waals surface area contributed by atoms with Crippen molar-refractivity contribution in [3.63, 3.8) is 0 Å². The minimum Gasteiger partial charge on any atom is -0.481 e. The van der Waals surface area contributed by atoms with Crippen molar-refractivity contribution in [3.8, 4) is 0 Å². The topological polar surface area (TPSA) is 55.8 Å². The van der Waals surface area contributed by atoms with Gasteiger partial charge >= 0.3 is 5.97 Å². The first-order valence-corrected chi connectivity index (χ1v) is 4.25. The van der Waals surface area contributed by atoms with Crippen LogP contribution in [0.1, 0.15) is 13.8 Å². The molecule has 4 heteroatoms. The lowest BCUT2D eigenvalue weighted by atomic mass is 10.1. The fourth-order valence-electron chi connectivity index (χ4n) is 2.05. The Morgan fingerprint density at radius 2 is 1.85 bits per heavy atom. The number of carboxylic acids is 1. The first kappa shape index (κ1) is 10.5. The van der Waals surface area contributed by atoms with Crippen LogP contribution in [0.4, 0.5) is 0 Å². The number of ether oxygens (including phenoxy) is 2. The molecular formula is C9H16O4. The van der Waals surface area contributed by atoms with Crippen LogP contribution in [0.15, 0.2) is 0 Å². The summed E-state index contributed by atoms with van der Waals surface area (Å²) < 4.78 is 10.1. The molecule has 4 nitrogen and oxygen atoms in total. The number of carboxylic acid groups (broad SMARTS) is 1. The van der Waals surface area contributed by atoms with E-state index in [2.05, 4.69) is 0 Å². The van der Waals surface area contributed by atoms with E-state index in [0.29, 0.717) is 0 Å². The number of hydrogen-bond acceptors (Lipinski definition) is 3. The lowest BCUT2D eigenvalue weighted by Gasteiger charge is -2.14. The zero-order chi connectivity index (χ0) is 10.2. The van der Waals surface area contributed by atoms with Crippen LogP contribution in [0.3, 0.4) is 0 Å². The van der Waals surface area contributed by atoms with E-state index in [-0.39, 0.29) is 17.3 Å². The normalized spacial score (nSPS) is 30.5. The quantitative estimate of drug-likeness (QED) is 0.668. The van der Waals surface area contributed by atoms with Gasteiger partial charge < -0.3 is 14.6 Å². The van der Waals surface area contributed by atoms with E-state index in [0.717, 1.165) is 0 Å². The molecule has 13 heavy (non-hydrogen) atoms. The number of aliphatic carboxylic acids is 1. The molecule has 0 heterocycles. The second-order valence-electron chi connectivity index (χ2n) is 4.00. The molecule has 1 fully saturated rings. The molecule has 0 aromatic carbocycles. The Bertz CT molecular complexity index is 208. The summed E-state index contributed by atoms with van der Waals surface area (Å²) >= 11 is 0. The van der Waals surface area contributed by atoms with Crippen molar-refractivity contribution in [3.05, 3.63) is 0 Å². The molecule has 1 aliphatic rings. The molecule has 0 aliphatic heterocycles. The van der Waals surface area contributed by atoms with Crippen molar-refractivity contribution in [1.29, 1.82) is 0 Å². The van der Waals surface area contributed by atoms with Crippen molar-refractivity contribution in [2.75, 3.05) is 14.2 Å². The minimum absolute atomic E-state index is 0.0417. The van der Waals surface area contributed by atoms with E-state index < -0.39 is 12.3 Å². The van der Waals surface area contributed by atoms with Crippen molar-refractivity contribution >= 4 is 5.97 Å². The predicted octanol–water partition coefficient (Wildman–Crippen LogP) is 0.962. The second-order valence-corrected chi connectivity index (χ2v) is 4.00. The molecule has 76 valence electrons. The lowest BCUT2D eigenvalue weighted by Crippen LogP contribution is -2.19. The first-order chi connectivity index (χ1) is 5.96. The summed E-state index contributed by atoms with van der Waals surface area (Å²) in [5.41, 5.74) is -0.220. The van der Waals surface area contributed by atoms with Gasteiger partial charge in [-0.3, -0.25) is 4.79 Å². The van der Waals surface area contributed by atoms with Crippen molar-refractivity contribution in [2.24, 2.45) is 17.3 Å². The van der Waals surface area contributed by atoms with Gasteiger partial charge in [-0.1, -0.05) is 13.8 Å². The lowest BCUT2D eigenvalue weighted by molar-refractivity contribution is -0.144. The zero-order valence-corrected chi connectivity index (χ0v) is 8.40. The minimum atomic E-state index is -0.769. The summed E-state index contributed by atoms with van der Waals surface area (Å²) in [5.74, 6) is -1.16. The maximum Gasteiger partial charge on any atom is 0.307 e. The van der Waals surface area contributed by atoms with Crippen LogP contribution in [-0.2, 0) is 14.3 Å². The van der Waals surface area contributed by atoms with Crippen molar-refractivity contribution in [2.45, 2.75) is 20.1 Å². The predicted molar refractivity (Wildman–Crippen MR) is 46.2 cm³/mol. The Balaban J connectivity index is 2.69. The Labute approximate surface area is 77.8 Å². The molecule has 0 amide bonds. The molecule has 1 saturated carbocycles. The number of carbonyl (C=O) groups is 1. The van der Waals surface area contributed by atoms with Gasteiger partial charge in [0.1, 0.15) is 0 Å². The second kappa shape index (κ2) is 3.27. The van der Waals surface area contributed by atoms with Gasteiger partial charge in [-0.15, -0.1) is 0 Å². The summed E-state index contributed by atoms with van der Waals surface area (Å²) in [7, 11) is 3.06. The van der Waals surface area contributed by atoms with E-state index >= 15 is 0 Å². The fourth-order valence-corrected chi connectivity index (χ4v) is 2.05. The SMILES string of the molecule is COC(OC)C1C(C(=O)O)C1(C)C. The monoisotopic (exact) mass is 188 g/mol. The first-order valence-electron chi connectivity index (χ1n) is 4.25. The molecule has 0 saturated heterocycles. The van der Waals surface area contributed by atoms with E-state index in [1.807, 2.05) is 13.8 Å². The molecule has 0 radical (unpaired) electrons. The average Bonchev–Trinajstić information content (AvgIpc) is 2.57. The third-order valence-corrected chi connectivity index (χ3v) is 2.93. The van der Waals surface area contributed by atoms with Crippen LogP contribution in [0.2, 0.25) is 0 Å². The number of hydrogen-bond donors (Lipinski definition) is 1. The summed E-state index contributed by atoms with van der Waals surface area (Å²) in [4.78, 5) is 10.8. The maximum atomic E-state index is 10.8. The van der Waals surface area contributed by atoms with Crippen LogP contribution >= 0.6 is 0 Å². The number of rotatable bonds is 4. The molecule has 0 spiro atoms. The Morgan fingerprint density at radius 3 is 2.08 bits per heavy atom. The van der Waals surface area contributed by atoms with Gasteiger partial charge in [-0.2, -0.15) is 0 Å². The molecule has 0 aromatic heterocycles. The Hall–Kier alpha value is -0.610. The van der Waals surface area contributed by atoms with Crippen LogP contribution in [0, 0.1) is 17.3 Å². The molecular weight excluding hydrogens is 172 g/mol. The highest BCUT2D eigenvalue weighted by molar-refractivity contribution is 5.75. The van der Waals surface area contributed by atoms with E-state index in [4.69, 9.17) is 14.6 Å². The average molecular weight is 188 g/mol. The summed E-state index contributed by atoms with van der Waals surface area (Å²) in [5, 5.41) is 8.89. The van der Waals surface area contributed by atoms with Crippen molar-refractivity contribution in [1.82, 2.24) is 0 Å². The van der Waals surface area contributed by atoms with Crippen molar-refractivity contribution < 1.29 is 19.4 Å². The highest BCUT2D eigenvalue weighted by Gasteiger charge is 2.65. The van der Waals surface area contributed by atoms with Gasteiger partial charge in [-0.05, 0) is 5.41 Å². The molecule has 1 aliphatic carbocycles. The largest absolute Gasteiger partial charge is 0.481 e. The molecule has 1 rings (SSSR count). The van der Waals surface area contributed by atoms with Gasteiger partial charge in [0.05, 0.1) is 5.92 Å². The third kappa shape index (κ3) is 1.56. The Kier molecular flexibility index (Phi) is 2.63. The van der Waals surface area contributed by atoms with Gasteiger partial charge in [0, 0.05) is 20.1 Å². The summed E-state index contributed by atoms with van der Waals surface area (Å²) in [6.07, 6.45) is -0.406. The van der Waals surface area contributed by atoms with Crippen LogP contribution < -0.4 is 0 Å². The van der Waals surface area contributed by atoms with Crippen LogP contribution in [0.5, 0.6) is 0 Å². The summed E-state index contributed by atoms with van der Waals surface area (Å²) in [6.45, 7) is 3.84. The highest BCUT2D eigenvalue weighted by atomic mass is 16.7. The van der Waals surface area contributed by atoms with E-state index in [9.17, 15) is 4.79 Å². The summed E-state index contributed by atoms with van der Waals surface area (Å²) in [6, 6.07) is 0. The molecule has 0 aromatic rings. The zero-order valence-electron chi connectivity index (χ0n) is 8.40. The molecule has 0 bridgehead atoms. The van der Waals surface area contributed by atoms with E-state index in [1.54, 1.807) is 0 Å². The standard InChI is InChI=1S/C9H16O4/c1-9(2)5(7(10)11)6(9)8(12-3)13-4/h5-6,8H,1-4H3,(H,10,11). The molecule has 2 unspecified atom stereocenters. The van der Waals surface area contributed by atoms with Gasteiger partial charge in [0.15, 0.2) is 6.29 Å².